The van der Waals surface area contributed by atoms with Crippen molar-refractivity contribution in [2.75, 3.05) is 18.4 Å². The molecule has 0 saturated carbocycles. The molecule has 0 aliphatic heterocycles. The summed E-state index contributed by atoms with van der Waals surface area (Å²) in [5.41, 5.74) is 1.85. The molecule has 1 unspecified atom stereocenters. The minimum atomic E-state index is -0.193. The zero-order chi connectivity index (χ0) is 21.1. The van der Waals surface area contributed by atoms with Crippen LogP contribution in [-0.2, 0) is 13.0 Å². The van der Waals surface area contributed by atoms with Gasteiger partial charge in [-0.05, 0) is 62.3 Å². The highest BCUT2D eigenvalue weighted by molar-refractivity contribution is 7.09. The molecule has 1 heterocycles. The second kappa shape index (κ2) is 12.1. The maximum Gasteiger partial charge on any atom is 0.319 e. The molecule has 0 aliphatic rings. The van der Waals surface area contributed by atoms with Crippen LogP contribution >= 0.6 is 11.3 Å². The Bertz CT molecular complexity index is 756. The molecule has 7 heteroatoms. The van der Waals surface area contributed by atoms with E-state index in [0.29, 0.717) is 12.5 Å². The second-order valence-corrected chi connectivity index (χ2v) is 8.45. The number of hydrogen-bond donors (Lipinski definition) is 4. The number of aliphatic imine (C=N–C) groups is 1. The van der Waals surface area contributed by atoms with Crippen molar-refractivity contribution in [1.29, 1.82) is 0 Å². The molecule has 0 bridgehead atoms. The Morgan fingerprint density at radius 2 is 1.86 bits per heavy atom. The van der Waals surface area contributed by atoms with Crippen molar-refractivity contribution in [3.63, 3.8) is 0 Å². The number of benzene rings is 1. The van der Waals surface area contributed by atoms with Crippen LogP contribution in [0.5, 0.6) is 0 Å². The standard InChI is InChI=1S/C22H33N5OS/c1-5-23-21(24-14-17(4)13-20-7-6-12-29-20)25-15-18-8-10-19(11-9-18)27-22(28)26-16(2)3/h6-12,16-17H,5,13-15H2,1-4H3,(H2,23,24,25)(H2,26,27,28). The van der Waals surface area contributed by atoms with Crippen LogP contribution in [0.15, 0.2) is 46.8 Å². The maximum atomic E-state index is 11.8. The lowest BCUT2D eigenvalue weighted by atomic mass is 10.1. The molecule has 0 saturated heterocycles. The first kappa shape index (κ1) is 22.7. The number of hydrogen-bond acceptors (Lipinski definition) is 3. The van der Waals surface area contributed by atoms with E-state index in [4.69, 9.17) is 0 Å². The van der Waals surface area contributed by atoms with Crippen LogP contribution in [0.3, 0.4) is 0 Å². The Hall–Kier alpha value is -2.54. The minimum Gasteiger partial charge on any atom is -0.357 e. The Morgan fingerprint density at radius 1 is 1.10 bits per heavy atom. The van der Waals surface area contributed by atoms with E-state index in [1.54, 1.807) is 11.3 Å². The average molecular weight is 416 g/mol. The summed E-state index contributed by atoms with van der Waals surface area (Å²) in [7, 11) is 0. The van der Waals surface area contributed by atoms with Gasteiger partial charge in [-0.2, -0.15) is 0 Å². The van der Waals surface area contributed by atoms with Crippen LogP contribution in [-0.4, -0.2) is 31.1 Å². The first-order chi connectivity index (χ1) is 14.0. The van der Waals surface area contributed by atoms with Gasteiger partial charge in [-0.3, -0.25) is 0 Å². The van der Waals surface area contributed by atoms with Crippen LogP contribution in [0, 0.1) is 5.92 Å². The summed E-state index contributed by atoms with van der Waals surface area (Å²) >= 11 is 1.81. The number of anilines is 1. The fraction of sp³-hybridized carbons (Fsp3) is 0.455. The van der Waals surface area contributed by atoms with Gasteiger partial charge in [0.15, 0.2) is 5.96 Å². The summed E-state index contributed by atoms with van der Waals surface area (Å²) in [4.78, 5) is 17.9. The van der Waals surface area contributed by atoms with Crippen LogP contribution in [0.4, 0.5) is 10.5 Å². The van der Waals surface area contributed by atoms with Gasteiger partial charge in [-0.15, -0.1) is 11.3 Å². The normalized spacial score (nSPS) is 12.5. The van der Waals surface area contributed by atoms with Crippen molar-refractivity contribution < 1.29 is 4.79 Å². The van der Waals surface area contributed by atoms with Gasteiger partial charge in [0, 0.05) is 29.7 Å². The van der Waals surface area contributed by atoms with Crippen molar-refractivity contribution in [1.82, 2.24) is 16.0 Å². The molecular formula is C22H33N5OS. The number of thiophene rings is 1. The van der Waals surface area contributed by atoms with Crippen LogP contribution in [0.2, 0.25) is 0 Å². The Morgan fingerprint density at radius 3 is 2.48 bits per heavy atom. The third kappa shape index (κ3) is 9.00. The third-order valence-corrected chi connectivity index (χ3v) is 5.04. The van der Waals surface area contributed by atoms with E-state index in [2.05, 4.69) is 57.6 Å². The topological polar surface area (TPSA) is 77.5 Å². The molecule has 4 N–H and O–H groups in total. The highest BCUT2D eigenvalue weighted by Crippen LogP contribution is 2.14. The fourth-order valence-corrected chi connectivity index (χ4v) is 3.62. The Kier molecular flexibility index (Phi) is 9.50. The third-order valence-electron chi connectivity index (χ3n) is 4.14. The predicted octanol–water partition coefficient (Wildman–Crippen LogP) is 4.21. The zero-order valence-corrected chi connectivity index (χ0v) is 18.6. The summed E-state index contributed by atoms with van der Waals surface area (Å²) in [6.45, 7) is 10.4. The lowest BCUT2D eigenvalue weighted by molar-refractivity contribution is 0.250. The number of amides is 2. The number of guanidine groups is 1. The van der Waals surface area contributed by atoms with E-state index in [1.165, 1.54) is 4.88 Å². The molecule has 0 fully saturated rings. The molecule has 0 spiro atoms. The fourth-order valence-electron chi connectivity index (χ4n) is 2.75. The summed E-state index contributed by atoms with van der Waals surface area (Å²) in [6.07, 6.45) is 1.07. The number of carbonyl (C=O) groups is 1. The molecule has 0 radical (unpaired) electrons. The van der Waals surface area contributed by atoms with Gasteiger partial charge in [0.25, 0.3) is 0 Å². The molecule has 2 rings (SSSR count). The van der Waals surface area contributed by atoms with Crippen molar-refractivity contribution in [2.24, 2.45) is 10.9 Å². The molecule has 1 aromatic heterocycles. The molecular weight excluding hydrogens is 382 g/mol. The quantitative estimate of drug-likeness (QED) is 0.366. The molecule has 1 aromatic carbocycles. The van der Waals surface area contributed by atoms with Crippen molar-refractivity contribution >= 4 is 29.0 Å². The summed E-state index contributed by atoms with van der Waals surface area (Å²) < 4.78 is 0. The molecule has 2 amide bonds. The lowest BCUT2D eigenvalue weighted by Gasteiger charge is -2.15. The SMILES string of the molecule is CCNC(=NCc1ccc(NC(=O)NC(C)C)cc1)NCC(C)Cc1cccs1. The molecule has 2 aromatic rings. The number of rotatable bonds is 9. The van der Waals surface area contributed by atoms with Gasteiger partial charge in [0.2, 0.25) is 0 Å². The minimum absolute atomic E-state index is 0.105. The smallest absolute Gasteiger partial charge is 0.319 e. The van der Waals surface area contributed by atoms with Gasteiger partial charge < -0.3 is 21.3 Å². The van der Waals surface area contributed by atoms with Gasteiger partial charge in [-0.1, -0.05) is 25.1 Å². The van der Waals surface area contributed by atoms with E-state index in [1.807, 2.05) is 38.1 Å². The molecule has 0 aliphatic carbocycles. The first-order valence-corrected chi connectivity index (χ1v) is 11.0. The predicted molar refractivity (Wildman–Crippen MR) is 124 cm³/mol. The molecule has 29 heavy (non-hydrogen) atoms. The van der Waals surface area contributed by atoms with Gasteiger partial charge in [0.05, 0.1) is 6.54 Å². The van der Waals surface area contributed by atoms with E-state index < -0.39 is 0 Å². The van der Waals surface area contributed by atoms with Crippen LogP contribution in [0.1, 0.15) is 38.1 Å². The summed E-state index contributed by atoms with van der Waals surface area (Å²) in [5.74, 6) is 1.35. The van der Waals surface area contributed by atoms with E-state index in [9.17, 15) is 4.79 Å². The maximum absolute atomic E-state index is 11.8. The van der Waals surface area contributed by atoms with Crippen molar-refractivity contribution in [3.05, 3.63) is 52.2 Å². The highest BCUT2D eigenvalue weighted by atomic mass is 32.1. The van der Waals surface area contributed by atoms with Gasteiger partial charge in [0.1, 0.15) is 0 Å². The van der Waals surface area contributed by atoms with Gasteiger partial charge in [-0.25, -0.2) is 9.79 Å². The number of urea groups is 1. The Labute approximate surface area is 178 Å². The Balaban J connectivity index is 1.84. The largest absolute Gasteiger partial charge is 0.357 e. The van der Waals surface area contributed by atoms with Crippen LogP contribution in [0.25, 0.3) is 0 Å². The van der Waals surface area contributed by atoms with Gasteiger partial charge >= 0.3 is 6.03 Å². The lowest BCUT2D eigenvalue weighted by Crippen LogP contribution is -2.39. The van der Waals surface area contributed by atoms with Crippen molar-refractivity contribution in [2.45, 2.75) is 46.7 Å². The monoisotopic (exact) mass is 415 g/mol. The average Bonchev–Trinajstić information content (AvgIpc) is 3.17. The van der Waals surface area contributed by atoms with E-state index >= 15 is 0 Å². The molecule has 1 atom stereocenters. The number of carbonyl (C=O) groups excluding carboxylic acids is 1. The summed E-state index contributed by atoms with van der Waals surface area (Å²) in [5, 5.41) is 14.5. The number of nitrogens with zero attached hydrogens (tertiary/aromatic N) is 1. The van der Waals surface area contributed by atoms with Crippen molar-refractivity contribution in [3.8, 4) is 0 Å². The molecule has 6 nitrogen and oxygen atoms in total. The second-order valence-electron chi connectivity index (χ2n) is 7.41. The number of nitrogens with one attached hydrogen (secondary N) is 4. The molecule has 158 valence electrons. The summed E-state index contributed by atoms with van der Waals surface area (Å²) in [6, 6.07) is 12.0. The first-order valence-electron chi connectivity index (χ1n) is 10.2. The zero-order valence-electron chi connectivity index (χ0n) is 17.8. The van der Waals surface area contributed by atoms with E-state index in [0.717, 1.165) is 36.7 Å². The van der Waals surface area contributed by atoms with E-state index in [-0.39, 0.29) is 12.1 Å². The highest BCUT2D eigenvalue weighted by Gasteiger charge is 2.07. The van der Waals surface area contributed by atoms with Crippen LogP contribution < -0.4 is 21.3 Å².